The van der Waals surface area contributed by atoms with Crippen molar-refractivity contribution in [3.8, 4) is 0 Å². The van der Waals surface area contributed by atoms with Crippen molar-refractivity contribution in [2.45, 2.75) is 45.1 Å². The molecule has 1 saturated heterocycles. The van der Waals surface area contributed by atoms with Gasteiger partial charge >= 0.3 is 0 Å². The molecule has 0 aliphatic carbocycles. The molecular formula is C14H24N4O. The summed E-state index contributed by atoms with van der Waals surface area (Å²) in [4.78, 5) is 10.8. The second-order valence-corrected chi connectivity index (χ2v) is 5.07. The van der Waals surface area contributed by atoms with Gasteiger partial charge in [0, 0.05) is 19.2 Å². The topological polar surface area (TPSA) is 61.3 Å². The normalized spacial score (nSPS) is 19.5. The van der Waals surface area contributed by atoms with Crippen LogP contribution in [0.2, 0.25) is 0 Å². The molecule has 106 valence electrons. The molecule has 0 amide bonds. The lowest BCUT2D eigenvalue weighted by Crippen LogP contribution is -2.42. The van der Waals surface area contributed by atoms with Gasteiger partial charge in [0.2, 0.25) is 0 Å². The molecule has 2 rings (SSSR count). The molecule has 0 radical (unpaired) electrons. The molecule has 5 heteroatoms. The van der Waals surface area contributed by atoms with Crippen LogP contribution in [-0.2, 0) is 0 Å². The molecule has 1 atom stereocenters. The molecule has 0 spiro atoms. The average Bonchev–Trinajstić information content (AvgIpc) is 2.48. The molecule has 2 N–H and O–H groups in total. The Morgan fingerprint density at radius 3 is 3.11 bits per heavy atom. The summed E-state index contributed by atoms with van der Waals surface area (Å²) in [6.45, 7) is 4.28. The average molecular weight is 264 g/mol. The molecule has 1 aromatic rings. The van der Waals surface area contributed by atoms with E-state index in [-0.39, 0.29) is 12.6 Å². The predicted molar refractivity (Wildman–Crippen MR) is 77.5 cm³/mol. The number of piperidine rings is 1. The monoisotopic (exact) mass is 264 g/mol. The molecule has 19 heavy (non-hydrogen) atoms. The fraction of sp³-hybridized carbons (Fsp3) is 0.714. The van der Waals surface area contributed by atoms with Crippen LogP contribution < -0.4 is 10.2 Å². The second-order valence-electron chi connectivity index (χ2n) is 5.07. The van der Waals surface area contributed by atoms with Crippen LogP contribution in [0.15, 0.2) is 12.4 Å². The van der Waals surface area contributed by atoms with Crippen LogP contribution in [0.25, 0.3) is 0 Å². The van der Waals surface area contributed by atoms with Crippen molar-refractivity contribution < 1.29 is 5.11 Å². The van der Waals surface area contributed by atoms with Crippen LogP contribution in [-0.4, -0.2) is 40.8 Å². The zero-order chi connectivity index (χ0) is 13.5. The van der Waals surface area contributed by atoms with E-state index in [0.717, 1.165) is 37.6 Å². The number of nitrogens with one attached hydrogen (secondary N) is 1. The largest absolute Gasteiger partial charge is 0.394 e. The molecule has 1 fully saturated rings. The number of unbranched alkanes of at least 4 members (excludes halogenated alkanes) is 1. The van der Waals surface area contributed by atoms with Gasteiger partial charge in [-0.1, -0.05) is 13.3 Å². The molecule has 5 nitrogen and oxygen atoms in total. The van der Waals surface area contributed by atoms with Crippen LogP contribution >= 0.6 is 0 Å². The summed E-state index contributed by atoms with van der Waals surface area (Å²) >= 11 is 0. The highest BCUT2D eigenvalue weighted by atomic mass is 16.3. The van der Waals surface area contributed by atoms with Gasteiger partial charge in [0.05, 0.1) is 12.6 Å². The van der Waals surface area contributed by atoms with Gasteiger partial charge in [-0.15, -0.1) is 0 Å². The van der Waals surface area contributed by atoms with Crippen molar-refractivity contribution in [1.82, 2.24) is 9.97 Å². The number of hydrogen-bond donors (Lipinski definition) is 2. The minimum atomic E-state index is 0.197. The van der Waals surface area contributed by atoms with E-state index >= 15 is 0 Å². The third-order valence-electron chi connectivity index (χ3n) is 3.62. The van der Waals surface area contributed by atoms with Crippen molar-refractivity contribution in [2.24, 2.45) is 0 Å². The summed E-state index contributed by atoms with van der Waals surface area (Å²) in [5.41, 5.74) is 0. The van der Waals surface area contributed by atoms with E-state index in [0.29, 0.717) is 0 Å². The Kier molecular flexibility index (Phi) is 5.39. The number of anilines is 2. The summed E-state index contributed by atoms with van der Waals surface area (Å²) in [6.07, 6.45) is 7.31. The Hall–Kier alpha value is -1.36. The molecule has 1 aromatic heterocycles. The standard InChI is InChI=1S/C14H24N4O/c1-2-3-7-15-13-9-14(17-11-16-13)18-8-5-4-6-12(18)10-19/h9,11-12,19H,2-8,10H2,1H3,(H,15,16,17). The first-order chi connectivity index (χ1) is 9.35. The van der Waals surface area contributed by atoms with Gasteiger partial charge in [0.15, 0.2) is 0 Å². The smallest absolute Gasteiger partial charge is 0.134 e. The maximum Gasteiger partial charge on any atom is 0.134 e. The zero-order valence-corrected chi connectivity index (χ0v) is 11.7. The summed E-state index contributed by atoms with van der Waals surface area (Å²) in [5, 5.41) is 12.8. The molecular weight excluding hydrogens is 240 g/mol. The molecule has 1 aliphatic rings. The maximum atomic E-state index is 9.46. The third-order valence-corrected chi connectivity index (χ3v) is 3.62. The van der Waals surface area contributed by atoms with E-state index in [1.54, 1.807) is 6.33 Å². The van der Waals surface area contributed by atoms with Crippen LogP contribution in [0, 0.1) is 0 Å². The van der Waals surface area contributed by atoms with Crippen molar-refractivity contribution in [3.05, 3.63) is 12.4 Å². The highest BCUT2D eigenvalue weighted by Gasteiger charge is 2.22. The van der Waals surface area contributed by atoms with Crippen molar-refractivity contribution >= 4 is 11.6 Å². The Morgan fingerprint density at radius 2 is 2.32 bits per heavy atom. The van der Waals surface area contributed by atoms with Gasteiger partial charge in [-0.3, -0.25) is 0 Å². The van der Waals surface area contributed by atoms with E-state index in [1.165, 1.54) is 19.3 Å². The van der Waals surface area contributed by atoms with E-state index in [9.17, 15) is 5.11 Å². The Balaban J connectivity index is 2.04. The van der Waals surface area contributed by atoms with Crippen molar-refractivity contribution in [2.75, 3.05) is 29.9 Å². The number of aromatic nitrogens is 2. The number of rotatable bonds is 6. The third kappa shape index (κ3) is 3.80. The van der Waals surface area contributed by atoms with Crippen molar-refractivity contribution in [1.29, 1.82) is 0 Å². The number of aliphatic hydroxyl groups excluding tert-OH is 1. The molecule has 0 aromatic carbocycles. The summed E-state index contributed by atoms with van der Waals surface area (Å²) in [7, 11) is 0. The van der Waals surface area contributed by atoms with Gasteiger partial charge in [-0.25, -0.2) is 9.97 Å². The molecule has 2 heterocycles. The molecule has 1 unspecified atom stereocenters. The Morgan fingerprint density at radius 1 is 1.42 bits per heavy atom. The predicted octanol–water partition coefficient (Wildman–Crippen LogP) is 2.04. The van der Waals surface area contributed by atoms with E-state index in [1.807, 2.05) is 6.07 Å². The van der Waals surface area contributed by atoms with E-state index in [4.69, 9.17) is 0 Å². The zero-order valence-electron chi connectivity index (χ0n) is 11.7. The molecule has 1 aliphatic heterocycles. The summed E-state index contributed by atoms with van der Waals surface area (Å²) < 4.78 is 0. The van der Waals surface area contributed by atoms with Gasteiger partial charge in [0.25, 0.3) is 0 Å². The number of aliphatic hydroxyl groups is 1. The number of nitrogens with zero attached hydrogens (tertiary/aromatic N) is 3. The van der Waals surface area contributed by atoms with E-state index < -0.39 is 0 Å². The fourth-order valence-corrected chi connectivity index (χ4v) is 2.49. The lowest BCUT2D eigenvalue weighted by atomic mass is 10.0. The van der Waals surface area contributed by atoms with Crippen LogP contribution in [0.3, 0.4) is 0 Å². The van der Waals surface area contributed by atoms with Gasteiger partial charge in [-0.2, -0.15) is 0 Å². The minimum Gasteiger partial charge on any atom is -0.394 e. The summed E-state index contributed by atoms with van der Waals surface area (Å²) in [5.74, 6) is 1.80. The van der Waals surface area contributed by atoms with Crippen molar-refractivity contribution in [3.63, 3.8) is 0 Å². The SMILES string of the molecule is CCCCNc1cc(N2CCCCC2CO)ncn1. The van der Waals surface area contributed by atoms with Crippen LogP contribution in [0.5, 0.6) is 0 Å². The van der Waals surface area contributed by atoms with Gasteiger partial charge in [-0.05, 0) is 25.7 Å². The lowest BCUT2D eigenvalue weighted by molar-refractivity contribution is 0.239. The number of hydrogen-bond acceptors (Lipinski definition) is 5. The maximum absolute atomic E-state index is 9.46. The van der Waals surface area contributed by atoms with Gasteiger partial charge in [0.1, 0.15) is 18.0 Å². The minimum absolute atomic E-state index is 0.197. The first-order valence-corrected chi connectivity index (χ1v) is 7.28. The highest BCUT2D eigenvalue weighted by molar-refractivity contribution is 5.49. The fourth-order valence-electron chi connectivity index (χ4n) is 2.49. The Labute approximate surface area is 115 Å². The highest BCUT2D eigenvalue weighted by Crippen LogP contribution is 2.23. The van der Waals surface area contributed by atoms with E-state index in [2.05, 4.69) is 27.1 Å². The second kappa shape index (κ2) is 7.28. The van der Waals surface area contributed by atoms with Crippen LogP contribution in [0.1, 0.15) is 39.0 Å². The molecule has 0 bridgehead atoms. The molecule has 0 saturated carbocycles. The van der Waals surface area contributed by atoms with Gasteiger partial charge < -0.3 is 15.3 Å². The Bertz CT molecular complexity index is 385. The first-order valence-electron chi connectivity index (χ1n) is 7.28. The summed E-state index contributed by atoms with van der Waals surface area (Å²) in [6, 6.07) is 2.19. The quantitative estimate of drug-likeness (QED) is 0.770. The van der Waals surface area contributed by atoms with Crippen LogP contribution in [0.4, 0.5) is 11.6 Å². The lowest BCUT2D eigenvalue weighted by Gasteiger charge is -2.35. The first kappa shape index (κ1) is 14.1.